The Morgan fingerprint density at radius 1 is 1.24 bits per heavy atom. The molecule has 1 aliphatic heterocycles. The van der Waals surface area contributed by atoms with Gasteiger partial charge in [-0.3, -0.25) is 0 Å². The Labute approximate surface area is 137 Å². The zero-order valence-corrected chi connectivity index (χ0v) is 14.9. The maximum Gasteiger partial charge on any atom is 0.124 e. The normalized spacial score (nSPS) is 17.6. The number of unbranched alkanes of at least 4 members (excludes halogenated alkanes) is 3. The monoisotopic (exact) mass is 353 g/mol. The van der Waals surface area contributed by atoms with E-state index < -0.39 is 0 Å². The molecular weight excluding hydrogens is 326 g/mol. The van der Waals surface area contributed by atoms with Crippen molar-refractivity contribution in [1.82, 2.24) is 5.32 Å². The number of nitrogens with one attached hydrogen (secondary N) is 1. The van der Waals surface area contributed by atoms with Crippen molar-refractivity contribution in [3.8, 4) is 5.75 Å². The highest BCUT2D eigenvalue weighted by Crippen LogP contribution is 2.34. The molecule has 3 heteroatoms. The molecule has 1 N–H and O–H groups in total. The fourth-order valence-corrected chi connectivity index (χ4v) is 3.26. The summed E-state index contributed by atoms with van der Waals surface area (Å²) in [5.41, 5.74) is 1.30. The number of rotatable bonds is 8. The molecule has 1 aromatic rings. The summed E-state index contributed by atoms with van der Waals surface area (Å²) in [7, 11) is 0. The van der Waals surface area contributed by atoms with Crippen LogP contribution in [0.25, 0.3) is 0 Å². The number of fused-ring (bicyclic) bond motifs is 1. The van der Waals surface area contributed by atoms with Crippen LogP contribution in [-0.2, 0) is 0 Å². The van der Waals surface area contributed by atoms with Gasteiger partial charge in [-0.25, -0.2) is 0 Å². The molecule has 0 bridgehead atoms. The summed E-state index contributed by atoms with van der Waals surface area (Å²) < 4.78 is 6.86. The van der Waals surface area contributed by atoms with Crippen molar-refractivity contribution in [2.24, 2.45) is 5.92 Å². The molecular formula is C18H28BrNO. The molecule has 0 spiro atoms. The van der Waals surface area contributed by atoms with Crippen LogP contribution < -0.4 is 10.1 Å². The van der Waals surface area contributed by atoms with Crippen molar-refractivity contribution in [3.63, 3.8) is 0 Å². The van der Waals surface area contributed by atoms with Crippen molar-refractivity contribution < 1.29 is 4.74 Å². The van der Waals surface area contributed by atoms with E-state index in [0.717, 1.165) is 35.7 Å². The van der Waals surface area contributed by atoms with Gasteiger partial charge >= 0.3 is 0 Å². The van der Waals surface area contributed by atoms with E-state index in [1.54, 1.807) is 0 Å². The first-order valence-electron chi connectivity index (χ1n) is 8.32. The van der Waals surface area contributed by atoms with E-state index in [1.165, 1.54) is 37.7 Å². The van der Waals surface area contributed by atoms with Gasteiger partial charge < -0.3 is 10.1 Å². The van der Waals surface area contributed by atoms with Gasteiger partial charge in [0.15, 0.2) is 0 Å². The Hall–Kier alpha value is -0.540. The first kappa shape index (κ1) is 16.8. The van der Waals surface area contributed by atoms with Gasteiger partial charge in [0, 0.05) is 22.5 Å². The summed E-state index contributed by atoms with van der Waals surface area (Å²) in [6.07, 6.45) is 7.80. The van der Waals surface area contributed by atoms with Crippen molar-refractivity contribution >= 4 is 15.9 Å². The molecule has 0 aliphatic carbocycles. The maximum absolute atomic E-state index is 5.73. The molecule has 2 nitrogen and oxygen atoms in total. The lowest BCUT2D eigenvalue weighted by Gasteiger charge is -2.27. The molecule has 1 heterocycles. The Balaban J connectivity index is 1.69. The fraction of sp³-hybridized carbons (Fsp3) is 0.667. The van der Waals surface area contributed by atoms with Crippen LogP contribution in [0.5, 0.6) is 5.75 Å². The van der Waals surface area contributed by atoms with E-state index in [9.17, 15) is 0 Å². The van der Waals surface area contributed by atoms with Crippen molar-refractivity contribution in [3.05, 3.63) is 28.2 Å². The van der Waals surface area contributed by atoms with Gasteiger partial charge in [0.05, 0.1) is 6.61 Å². The van der Waals surface area contributed by atoms with E-state index in [4.69, 9.17) is 4.74 Å². The third kappa shape index (κ3) is 5.63. The smallest absolute Gasteiger partial charge is 0.124 e. The molecule has 2 rings (SSSR count). The van der Waals surface area contributed by atoms with Crippen LogP contribution in [-0.4, -0.2) is 13.2 Å². The molecule has 0 saturated carbocycles. The first-order chi connectivity index (χ1) is 10.2. The summed E-state index contributed by atoms with van der Waals surface area (Å²) in [6, 6.07) is 6.76. The molecule has 0 aromatic heterocycles. The molecule has 0 radical (unpaired) electrons. The standard InChI is InChI=1S/C18H28BrNO/c1-14(2)7-5-3-4-6-11-20-17-10-12-21-18-9-8-15(19)13-16(17)18/h8-9,13-14,17,20H,3-7,10-12H2,1-2H3. The van der Waals surface area contributed by atoms with Gasteiger partial charge in [-0.1, -0.05) is 55.5 Å². The number of benzene rings is 1. The minimum atomic E-state index is 0.446. The second-order valence-electron chi connectivity index (χ2n) is 6.42. The molecule has 21 heavy (non-hydrogen) atoms. The summed E-state index contributed by atoms with van der Waals surface area (Å²) >= 11 is 3.56. The zero-order chi connectivity index (χ0) is 15.1. The maximum atomic E-state index is 5.73. The van der Waals surface area contributed by atoms with Crippen molar-refractivity contribution in [1.29, 1.82) is 0 Å². The largest absolute Gasteiger partial charge is 0.493 e. The molecule has 0 saturated heterocycles. The average Bonchev–Trinajstić information content (AvgIpc) is 2.46. The lowest BCUT2D eigenvalue weighted by Crippen LogP contribution is -2.27. The number of halogens is 1. The van der Waals surface area contributed by atoms with E-state index in [-0.39, 0.29) is 0 Å². The minimum absolute atomic E-state index is 0.446. The van der Waals surface area contributed by atoms with Crippen LogP contribution >= 0.6 is 15.9 Å². The minimum Gasteiger partial charge on any atom is -0.493 e. The molecule has 1 atom stereocenters. The predicted molar refractivity (Wildman–Crippen MR) is 92.9 cm³/mol. The number of hydrogen-bond donors (Lipinski definition) is 1. The van der Waals surface area contributed by atoms with E-state index in [2.05, 4.69) is 53.3 Å². The lowest BCUT2D eigenvalue weighted by atomic mass is 10.0. The number of ether oxygens (including phenoxy) is 1. The second-order valence-corrected chi connectivity index (χ2v) is 7.34. The van der Waals surface area contributed by atoms with Crippen LogP contribution in [0.15, 0.2) is 22.7 Å². The van der Waals surface area contributed by atoms with Gasteiger partial charge in [-0.2, -0.15) is 0 Å². The Morgan fingerprint density at radius 3 is 2.86 bits per heavy atom. The molecule has 0 amide bonds. The second kappa shape index (κ2) is 8.79. The summed E-state index contributed by atoms with van der Waals surface area (Å²) in [5.74, 6) is 1.89. The van der Waals surface area contributed by atoms with Crippen molar-refractivity contribution in [2.45, 2.75) is 58.4 Å². The predicted octanol–water partition coefficient (Wildman–Crippen LogP) is 5.47. The van der Waals surface area contributed by atoms with Gasteiger partial charge in [0.2, 0.25) is 0 Å². The third-order valence-electron chi connectivity index (χ3n) is 4.11. The van der Waals surface area contributed by atoms with Crippen LogP contribution in [0.2, 0.25) is 0 Å². The molecule has 0 fully saturated rings. The molecule has 1 aliphatic rings. The van der Waals surface area contributed by atoms with Gasteiger partial charge in [-0.05, 0) is 37.1 Å². The Bertz CT molecular complexity index is 433. The highest BCUT2D eigenvalue weighted by Gasteiger charge is 2.20. The Kier molecular flexibility index (Phi) is 7.05. The Morgan fingerprint density at radius 2 is 2.05 bits per heavy atom. The molecule has 118 valence electrons. The quantitative estimate of drug-likeness (QED) is 0.625. The average molecular weight is 354 g/mol. The number of hydrogen-bond acceptors (Lipinski definition) is 2. The first-order valence-corrected chi connectivity index (χ1v) is 9.11. The molecule has 1 aromatic carbocycles. The topological polar surface area (TPSA) is 21.3 Å². The lowest BCUT2D eigenvalue weighted by molar-refractivity contribution is 0.252. The van der Waals surface area contributed by atoms with Gasteiger partial charge in [-0.15, -0.1) is 0 Å². The van der Waals surface area contributed by atoms with Crippen LogP contribution in [0, 0.1) is 5.92 Å². The summed E-state index contributed by atoms with van der Waals surface area (Å²) in [6.45, 7) is 6.55. The van der Waals surface area contributed by atoms with Crippen LogP contribution in [0.1, 0.15) is 64.0 Å². The van der Waals surface area contributed by atoms with Gasteiger partial charge in [0.25, 0.3) is 0 Å². The third-order valence-corrected chi connectivity index (χ3v) is 4.60. The van der Waals surface area contributed by atoms with Crippen LogP contribution in [0.4, 0.5) is 0 Å². The van der Waals surface area contributed by atoms with E-state index in [1.807, 2.05) is 0 Å². The zero-order valence-electron chi connectivity index (χ0n) is 13.3. The van der Waals surface area contributed by atoms with Gasteiger partial charge in [0.1, 0.15) is 5.75 Å². The highest BCUT2D eigenvalue weighted by molar-refractivity contribution is 9.10. The van der Waals surface area contributed by atoms with Crippen LogP contribution in [0.3, 0.4) is 0 Å². The highest BCUT2D eigenvalue weighted by atomic mass is 79.9. The molecule has 1 unspecified atom stereocenters. The van der Waals surface area contributed by atoms with E-state index >= 15 is 0 Å². The SMILES string of the molecule is CC(C)CCCCCCNC1CCOc2ccc(Br)cc21. The van der Waals surface area contributed by atoms with E-state index in [0.29, 0.717) is 6.04 Å². The van der Waals surface area contributed by atoms with Crippen molar-refractivity contribution in [2.75, 3.05) is 13.2 Å². The summed E-state index contributed by atoms with van der Waals surface area (Å²) in [4.78, 5) is 0. The fourth-order valence-electron chi connectivity index (χ4n) is 2.88. The summed E-state index contributed by atoms with van der Waals surface area (Å²) in [5, 5.41) is 3.70.